The highest BCUT2D eigenvalue weighted by molar-refractivity contribution is 7.98. The number of ether oxygens (including phenoxy) is 2. The van der Waals surface area contributed by atoms with Crippen LogP contribution in [0.5, 0.6) is 11.5 Å². The second-order valence-corrected chi connectivity index (χ2v) is 4.31. The molecule has 0 fully saturated rings. The maximum atomic E-state index is 10.2. The number of methoxy groups -OCH3 is 2. The van der Waals surface area contributed by atoms with Crippen LogP contribution in [0.25, 0.3) is 0 Å². The van der Waals surface area contributed by atoms with Crippen molar-refractivity contribution < 1.29 is 14.6 Å². The average molecular weight is 257 g/mol. The molecule has 0 saturated heterocycles. The molecular formula is C12H19NO3S. The maximum absolute atomic E-state index is 10.2. The van der Waals surface area contributed by atoms with Gasteiger partial charge in [0, 0.05) is 12.1 Å². The van der Waals surface area contributed by atoms with Crippen molar-refractivity contribution in [3.63, 3.8) is 0 Å². The van der Waals surface area contributed by atoms with Gasteiger partial charge in [0.05, 0.1) is 25.2 Å². The van der Waals surface area contributed by atoms with Crippen molar-refractivity contribution in [1.29, 1.82) is 0 Å². The molecule has 0 bridgehead atoms. The lowest BCUT2D eigenvalue weighted by Crippen LogP contribution is -2.18. The summed E-state index contributed by atoms with van der Waals surface area (Å²) >= 11 is 1.54. The first-order valence-electron chi connectivity index (χ1n) is 5.31. The first-order valence-corrected chi connectivity index (χ1v) is 6.53. The minimum atomic E-state index is -0.618. The molecule has 2 N–H and O–H groups in total. The van der Waals surface area contributed by atoms with E-state index in [1.807, 2.05) is 18.4 Å². The number of likely N-dealkylation sites (N-methyl/N-ethyl adjacent to an activating group) is 1. The van der Waals surface area contributed by atoms with Gasteiger partial charge in [-0.2, -0.15) is 0 Å². The van der Waals surface area contributed by atoms with Crippen LogP contribution in [0.1, 0.15) is 11.7 Å². The van der Waals surface area contributed by atoms with E-state index in [1.54, 1.807) is 21.3 Å². The Morgan fingerprint density at radius 2 is 1.88 bits per heavy atom. The lowest BCUT2D eigenvalue weighted by atomic mass is 10.1. The number of benzene rings is 1. The van der Waals surface area contributed by atoms with Gasteiger partial charge in [0.15, 0.2) is 0 Å². The highest BCUT2D eigenvalue weighted by atomic mass is 32.2. The monoisotopic (exact) mass is 257 g/mol. The van der Waals surface area contributed by atoms with E-state index in [0.717, 1.165) is 16.2 Å². The van der Waals surface area contributed by atoms with Crippen LogP contribution in [0.2, 0.25) is 0 Å². The molecule has 0 radical (unpaired) electrons. The minimum Gasteiger partial charge on any atom is -0.496 e. The summed E-state index contributed by atoms with van der Waals surface area (Å²) in [5.74, 6) is 1.43. The van der Waals surface area contributed by atoms with Crippen LogP contribution in [0.4, 0.5) is 0 Å². The molecule has 17 heavy (non-hydrogen) atoms. The number of hydrogen-bond acceptors (Lipinski definition) is 5. The summed E-state index contributed by atoms with van der Waals surface area (Å²) in [6.07, 6.45) is 1.33. The van der Waals surface area contributed by atoms with Crippen LogP contribution in [-0.4, -0.2) is 39.2 Å². The number of aliphatic hydroxyl groups excluding tert-OH is 1. The van der Waals surface area contributed by atoms with E-state index in [4.69, 9.17) is 9.47 Å². The first-order chi connectivity index (χ1) is 8.19. The lowest BCUT2D eigenvalue weighted by Gasteiger charge is -2.19. The van der Waals surface area contributed by atoms with Crippen molar-refractivity contribution in [2.45, 2.75) is 11.0 Å². The maximum Gasteiger partial charge on any atom is 0.133 e. The summed E-state index contributed by atoms with van der Waals surface area (Å²) in [7, 11) is 5.02. The van der Waals surface area contributed by atoms with Crippen LogP contribution in [-0.2, 0) is 0 Å². The normalized spacial score (nSPS) is 12.3. The fourth-order valence-electron chi connectivity index (χ4n) is 1.72. The van der Waals surface area contributed by atoms with Gasteiger partial charge in [0.2, 0.25) is 0 Å². The Balaban J connectivity index is 3.29. The molecule has 5 heteroatoms. The zero-order valence-corrected chi connectivity index (χ0v) is 11.4. The third-order valence-corrected chi connectivity index (χ3v) is 3.32. The molecule has 96 valence electrons. The van der Waals surface area contributed by atoms with Gasteiger partial charge in [0.25, 0.3) is 0 Å². The van der Waals surface area contributed by atoms with Gasteiger partial charge in [-0.05, 0) is 25.4 Å². The number of hydrogen-bond donors (Lipinski definition) is 2. The molecule has 1 rings (SSSR count). The SMILES string of the molecule is CNCC(O)c1c(OC)ccc(OC)c1SC. The molecule has 1 atom stereocenters. The van der Waals surface area contributed by atoms with Gasteiger partial charge in [-0.25, -0.2) is 0 Å². The zero-order chi connectivity index (χ0) is 12.8. The van der Waals surface area contributed by atoms with Gasteiger partial charge in [-0.15, -0.1) is 11.8 Å². The van der Waals surface area contributed by atoms with Crippen molar-refractivity contribution in [3.05, 3.63) is 17.7 Å². The predicted octanol–water partition coefficient (Wildman–Crippen LogP) is 1.68. The number of rotatable bonds is 6. The van der Waals surface area contributed by atoms with Gasteiger partial charge in [-0.3, -0.25) is 0 Å². The molecule has 1 aromatic carbocycles. The van der Waals surface area contributed by atoms with Gasteiger partial charge in [0.1, 0.15) is 11.5 Å². The largest absolute Gasteiger partial charge is 0.496 e. The molecule has 0 aromatic heterocycles. The number of aliphatic hydroxyl groups is 1. The van der Waals surface area contributed by atoms with Crippen molar-refractivity contribution in [2.75, 3.05) is 34.1 Å². The summed E-state index contributed by atoms with van der Waals surface area (Å²) in [5.41, 5.74) is 0.772. The van der Waals surface area contributed by atoms with Crippen molar-refractivity contribution in [3.8, 4) is 11.5 Å². The molecule has 0 aliphatic carbocycles. The second kappa shape index (κ2) is 6.74. The van der Waals surface area contributed by atoms with Crippen LogP contribution in [0.15, 0.2) is 17.0 Å². The van der Waals surface area contributed by atoms with Crippen molar-refractivity contribution in [1.82, 2.24) is 5.32 Å². The Hall–Kier alpha value is -0.910. The minimum absolute atomic E-state index is 0.469. The summed E-state index contributed by atoms with van der Waals surface area (Å²) < 4.78 is 10.6. The molecule has 0 spiro atoms. The summed E-state index contributed by atoms with van der Waals surface area (Å²) in [6.45, 7) is 0.469. The van der Waals surface area contributed by atoms with Crippen molar-refractivity contribution >= 4 is 11.8 Å². The lowest BCUT2D eigenvalue weighted by molar-refractivity contribution is 0.169. The van der Waals surface area contributed by atoms with E-state index in [0.29, 0.717) is 12.3 Å². The molecule has 0 amide bonds. The Morgan fingerprint density at radius 1 is 1.29 bits per heavy atom. The smallest absolute Gasteiger partial charge is 0.133 e. The first kappa shape index (κ1) is 14.2. The fourth-order valence-corrected chi connectivity index (χ4v) is 2.53. The Bertz CT molecular complexity index is 371. The number of thioether (sulfide) groups is 1. The van der Waals surface area contributed by atoms with Crippen LogP contribution < -0.4 is 14.8 Å². The van der Waals surface area contributed by atoms with E-state index in [-0.39, 0.29) is 0 Å². The zero-order valence-electron chi connectivity index (χ0n) is 10.6. The molecule has 4 nitrogen and oxygen atoms in total. The summed E-state index contributed by atoms with van der Waals surface area (Å²) in [5, 5.41) is 13.1. The van der Waals surface area contributed by atoms with E-state index in [2.05, 4.69) is 5.32 Å². The molecular weight excluding hydrogens is 238 g/mol. The second-order valence-electron chi connectivity index (χ2n) is 3.49. The van der Waals surface area contributed by atoms with E-state index in [9.17, 15) is 5.11 Å². The summed E-state index contributed by atoms with van der Waals surface area (Å²) in [6, 6.07) is 3.66. The van der Waals surface area contributed by atoms with E-state index in [1.165, 1.54) is 11.8 Å². The van der Waals surface area contributed by atoms with Gasteiger partial charge < -0.3 is 19.9 Å². The molecule has 0 aliphatic rings. The summed E-state index contributed by atoms with van der Waals surface area (Å²) in [4.78, 5) is 0.912. The van der Waals surface area contributed by atoms with E-state index >= 15 is 0 Å². The highest BCUT2D eigenvalue weighted by Gasteiger charge is 2.20. The molecule has 0 saturated carbocycles. The van der Waals surface area contributed by atoms with Crippen molar-refractivity contribution in [2.24, 2.45) is 0 Å². The molecule has 0 heterocycles. The Labute approximate surface area is 106 Å². The molecule has 1 unspecified atom stereocenters. The Morgan fingerprint density at radius 3 is 2.35 bits per heavy atom. The van der Waals surface area contributed by atoms with Crippen LogP contribution in [0, 0.1) is 0 Å². The van der Waals surface area contributed by atoms with Crippen LogP contribution in [0.3, 0.4) is 0 Å². The average Bonchev–Trinajstić information content (AvgIpc) is 2.36. The highest BCUT2D eigenvalue weighted by Crippen LogP contribution is 2.40. The van der Waals surface area contributed by atoms with Crippen LogP contribution >= 0.6 is 11.8 Å². The molecule has 0 aliphatic heterocycles. The predicted molar refractivity (Wildman–Crippen MR) is 70.2 cm³/mol. The third kappa shape index (κ3) is 3.06. The van der Waals surface area contributed by atoms with E-state index < -0.39 is 6.10 Å². The van der Waals surface area contributed by atoms with Gasteiger partial charge in [-0.1, -0.05) is 0 Å². The topological polar surface area (TPSA) is 50.7 Å². The number of nitrogens with one attached hydrogen (secondary N) is 1. The standard InChI is InChI=1S/C12H19NO3S/c1-13-7-8(14)11-9(15-2)5-6-10(16-3)12(11)17-4/h5-6,8,13-14H,7H2,1-4H3. The fraction of sp³-hybridized carbons (Fsp3) is 0.500. The third-order valence-electron chi connectivity index (χ3n) is 2.49. The Kier molecular flexibility index (Phi) is 5.61. The molecule has 1 aromatic rings. The van der Waals surface area contributed by atoms with Gasteiger partial charge >= 0.3 is 0 Å². The quantitative estimate of drug-likeness (QED) is 0.759.